The van der Waals surface area contributed by atoms with E-state index in [1.165, 1.54) is 5.06 Å². The predicted molar refractivity (Wildman–Crippen MR) is 165 cm³/mol. The van der Waals surface area contributed by atoms with Crippen molar-refractivity contribution >= 4 is 28.9 Å². The van der Waals surface area contributed by atoms with Crippen LogP contribution >= 0.6 is 0 Å². The number of rotatable bonds is 11. The number of ether oxygens (including phenoxy) is 1. The van der Waals surface area contributed by atoms with E-state index in [1.807, 2.05) is 55.5 Å². The number of nitrogens with zero attached hydrogens (tertiary/aromatic N) is 3. The highest BCUT2D eigenvalue weighted by Gasteiger charge is 2.23. The average molecular weight is 559 g/mol. The molecule has 1 aliphatic heterocycles. The van der Waals surface area contributed by atoms with Crippen molar-refractivity contribution in [3.8, 4) is 0 Å². The molecule has 0 aromatic heterocycles. The molecule has 3 aromatic rings. The zero-order valence-corrected chi connectivity index (χ0v) is 24.8. The lowest BCUT2D eigenvalue weighted by atomic mass is 10.1. The van der Waals surface area contributed by atoms with Crippen molar-refractivity contribution in [2.45, 2.75) is 46.7 Å². The predicted octanol–water partition coefficient (Wildman–Crippen LogP) is 5.78. The molecule has 0 spiro atoms. The van der Waals surface area contributed by atoms with E-state index >= 15 is 0 Å². The lowest BCUT2D eigenvalue weighted by Crippen LogP contribution is -2.41. The van der Waals surface area contributed by atoms with E-state index in [4.69, 9.17) is 9.57 Å². The molecule has 8 nitrogen and oxygen atoms in total. The maximum Gasteiger partial charge on any atom is 0.282 e. The summed E-state index contributed by atoms with van der Waals surface area (Å²) in [5, 5.41) is 4.35. The Hall–Kier alpha value is -3.72. The molecule has 3 aromatic carbocycles. The lowest BCUT2D eigenvalue weighted by molar-refractivity contribution is 0.0490. The molecular weight excluding hydrogens is 516 g/mol. The minimum atomic E-state index is -0.287. The Kier molecular flexibility index (Phi) is 10.5. The Bertz CT molecular complexity index is 1300. The third-order valence-corrected chi connectivity index (χ3v) is 7.27. The van der Waals surface area contributed by atoms with Gasteiger partial charge in [0.15, 0.2) is 0 Å². The van der Waals surface area contributed by atoms with Crippen LogP contribution in [0.5, 0.6) is 0 Å². The standard InChI is InChI=1S/C33H42N4O4/c1-24(2)36(25(3)4)18-21-41-37(33(39)27-10-7-6-8-11-27)31-22-28(15-14-26(31)5)32(38)34-29-12-9-13-30(23-29)35-16-19-40-20-17-35/h6-15,22-25H,16-21H2,1-5H3,(H,34,38). The summed E-state index contributed by atoms with van der Waals surface area (Å²) < 4.78 is 5.46. The quantitative estimate of drug-likeness (QED) is 0.301. The number of aryl methyl sites for hydroxylation is 1. The molecule has 0 aliphatic carbocycles. The van der Waals surface area contributed by atoms with Crippen molar-refractivity contribution < 1.29 is 19.2 Å². The van der Waals surface area contributed by atoms with Gasteiger partial charge in [-0.05, 0) is 82.6 Å². The zero-order valence-electron chi connectivity index (χ0n) is 24.8. The number of carbonyl (C=O) groups excluding carboxylic acids is 2. The molecule has 1 fully saturated rings. The van der Waals surface area contributed by atoms with E-state index in [-0.39, 0.29) is 11.8 Å². The summed E-state index contributed by atoms with van der Waals surface area (Å²) in [6.45, 7) is 14.5. The fraction of sp³-hybridized carbons (Fsp3) is 0.394. The number of hydroxylamine groups is 1. The van der Waals surface area contributed by atoms with Crippen LogP contribution < -0.4 is 15.3 Å². The van der Waals surface area contributed by atoms with Crippen LogP contribution in [0.1, 0.15) is 54.0 Å². The average Bonchev–Trinajstić information content (AvgIpc) is 2.98. The molecule has 0 atom stereocenters. The van der Waals surface area contributed by atoms with Gasteiger partial charge in [0.2, 0.25) is 0 Å². The molecule has 41 heavy (non-hydrogen) atoms. The summed E-state index contributed by atoms with van der Waals surface area (Å²) in [6, 6.07) is 22.9. The number of carbonyl (C=O) groups is 2. The van der Waals surface area contributed by atoms with Gasteiger partial charge in [-0.15, -0.1) is 0 Å². The van der Waals surface area contributed by atoms with Gasteiger partial charge >= 0.3 is 0 Å². The van der Waals surface area contributed by atoms with Gasteiger partial charge in [-0.3, -0.25) is 19.3 Å². The molecule has 0 saturated carbocycles. The minimum absolute atomic E-state index is 0.261. The Balaban J connectivity index is 1.56. The van der Waals surface area contributed by atoms with Gasteiger partial charge in [0.25, 0.3) is 11.8 Å². The van der Waals surface area contributed by atoms with E-state index < -0.39 is 0 Å². The Morgan fingerprint density at radius 2 is 1.61 bits per heavy atom. The first-order valence-electron chi connectivity index (χ1n) is 14.4. The number of nitrogens with one attached hydrogen (secondary N) is 1. The molecule has 1 heterocycles. The van der Waals surface area contributed by atoms with Crippen LogP contribution in [0, 0.1) is 6.92 Å². The number of hydrogen-bond donors (Lipinski definition) is 1. The molecule has 1 saturated heterocycles. The van der Waals surface area contributed by atoms with Gasteiger partial charge in [0, 0.05) is 54.2 Å². The van der Waals surface area contributed by atoms with Gasteiger partial charge in [0.05, 0.1) is 25.5 Å². The van der Waals surface area contributed by atoms with Crippen molar-refractivity contribution in [3.63, 3.8) is 0 Å². The molecule has 1 N–H and O–H groups in total. The summed E-state index contributed by atoms with van der Waals surface area (Å²) in [6.07, 6.45) is 0. The highest BCUT2D eigenvalue weighted by atomic mass is 16.7. The molecular formula is C33H42N4O4. The van der Waals surface area contributed by atoms with Crippen LogP contribution in [0.25, 0.3) is 0 Å². The van der Waals surface area contributed by atoms with E-state index in [0.29, 0.717) is 61.0 Å². The molecule has 0 unspecified atom stereocenters. The minimum Gasteiger partial charge on any atom is -0.378 e. The van der Waals surface area contributed by atoms with Crippen molar-refractivity contribution in [1.82, 2.24) is 4.90 Å². The number of benzene rings is 3. The molecule has 218 valence electrons. The fourth-order valence-electron chi connectivity index (χ4n) is 5.06. The second-order valence-corrected chi connectivity index (χ2v) is 10.8. The maximum atomic E-state index is 13.7. The zero-order chi connectivity index (χ0) is 29.4. The van der Waals surface area contributed by atoms with E-state index in [2.05, 4.69) is 42.8 Å². The van der Waals surface area contributed by atoms with Crippen LogP contribution in [-0.4, -0.2) is 68.3 Å². The summed E-state index contributed by atoms with van der Waals surface area (Å²) >= 11 is 0. The Morgan fingerprint density at radius 1 is 0.902 bits per heavy atom. The van der Waals surface area contributed by atoms with E-state index in [9.17, 15) is 9.59 Å². The van der Waals surface area contributed by atoms with Crippen LogP contribution in [0.15, 0.2) is 72.8 Å². The van der Waals surface area contributed by atoms with Crippen LogP contribution in [-0.2, 0) is 9.57 Å². The molecule has 8 heteroatoms. The number of hydrogen-bond acceptors (Lipinski definition) is 6. The van der Waals surface area contributed by atoms with E-state index in [1.54, 1.807) is 24.3 Å². The summed E-state index contributed by atoms with van der Waals surface area (Å²) in [5.41, 5.74) is 4.05. The van der Waals surface area contributed by atoms with Crippen molar-refractivity contribution in [2.75, 3.05) is 54.7 Å². The number of morpholine rings is 1. The second kappa shape index (κ2) is 14.3. The summed E-state index contributed by atoms with van der Waals surface area (Å²) in [7, 11) is 0. The SMILES string of the molecule is Cc1ccc(C(=O)Nc2cccc(N3CCOCC3)c2)cc1N(OCCN(C(C)C)C(C)C)C(=O)c1ccccc1. The van der Waals surface area contributed by atoms with Crippen LogP contribution in [0.3, 0.4) is 0 Å². The van der Waals surface area contributed by atoms with Gasteiger partial charge in [-0.25, -0.2) is 0 Å². The molecule has 1 aliphatic rings. The number of anilines is 3. The topological polar surface area (TPSA) is 74.4 Å². The maximum absolute atomic E-state index is 13.7. The van der Waals surface area contributed by atoms with Crippen molar-refractivity contribution in [3.05, 3.63) is 89.5 Å². The molecule has 2 amide bonds. The Labute approximate surface area is 243 Å². The molecule has 4 rings (SSSR count). The van der Waals surface area contributed by atoms with Gasteiger partial charge in [0.1, 0.15) is 0 Å². The fourth-order valence-corrected chi connectivity index (χ4v) is 5.06. The highest BCUT2D eigenvalue weighted by molar-refractivity contribution is 6.08. The summed E-state index contributed by atoms with van der Waals surface area (Å²) in [4.78, 5) is 37.8. The van der Waals surface area contributed by atoms with Crippen molar-refractivity contribution in [1.29, 1.82) is 0 Å². The lowest BCUT2D eigenvalue weighted by Gasteiger charge is -2.31. The third kappa shape index (κ3) is 7.94. The normalized spacial score (nSPS) is 13.6. The first kappa shape index (κ1) is 30.2. The highest BCUT2D eigenvalue weighted by Crippen LogP contribution is 2.26. The molecule has 0 bridgehead atoms. The largest absolute Gasteiger partial charge is 0.378 e. The van der Waals surface area contributed by atoms with Gasteiger partial charge in [-0.2, -0.15) is 5.06 Å². The van der Waals surface area contributed by atoms with Crippen molar-refractivity contribution in [2.24, 2.45) is 0 Å². The Morgan fingerprint density at radius 3 is 2.29 bits per heavy atom. The van der Waals surface area contributed by atoms with E-state index in [0.717, 1.165) is 24.3 Å². The smallest absolute Gasteiger partial charge is 0.282 e. The van der Waals surface area contributed by atoms with Gasteiger partial charge in [-0.1, -0.05) is 30.3 Å². The third-order valence-electron chi connectivity index (χ3n) is 7.27. The summed E-state index contributed by atoms with van der Waals surface area (Å²) in [5.74, 6) is -0.548. The first-order valence-corrected chi connectivity index (χ1v) is 14.4. The molecule has 0 radical (unpaired) electrons. The second-order valence-electron chi connectivity index (χ2n) is 10.8. The monoisotopic (exact) mass is 558 g/mol. The van der Waals surface area contributed by atoms with Gasteiger partial charge < -0.3 is 15.0 Å². The van der Waals surface area contributed by atoms with Crippen LogP contribution in [0.4, 0.5) is 17.1 Å². The first-order chi connectivity index (χ1) is 19.7. The number of amides is 2. The van der Waals surface area contributed by atoms with Crippen LogP contribution in [0.2, 0.25) is 0 Å².